The smallest absolute Gasteiger partial charge is 0.194 e. The van der Waals surface area contributed by atoms with Crippen LogP contribution >= 0.6 is 11.8 Å². The van der Waals surface area contributed by atoms with Crippen LogP contribution in [0, 0.1) is 5.82 Å². The van der Waals surface area contributed by atoms with Crippen molar-refractivity contribution in [3.05, 3.63) is 72.4 Å². The SMILES string of the molecule is CN(C)CCN[C@H]1c2cc(-c3ccc(F)cc3)cnc2Sc2nc(-c3cccnc3)nn21. The molecule has 4 heterocycles. The Morgan fingerprint density at radius 2 is 1.94 bits per heavy atom. The van der Waals surface area contributed by atoms with Crippen LogP contribution in [0.4, 0.5) is 4.39 Å². The Labute approximate surface area is 189 Å². The number of nitrogens with zero attached hydrogens (tertiary/aromatic N) is 6. The fourth-order valence-corrected chi connectivity index (χ4v) is 4.49. The van der Waals surface area contributed by atoms with Crippen LogP contribution in [0.25, 0.3) is 22.5 Å². The first-order valence-corrected chi connectivity index (χ1v) is 11.1. The van der Waals surface area contributed by atoms with E-state index >= 15 is 0 Å². The van der Waals surface area contributed by atoms with Crippen LogP contribution in [0.5, 0.6) is 0 Å². The molecule has 0 radical (unpaired) electrons. The third-order valence-corrected chi connectivity index (χ3v) is 6.20. The summed E-state index contributed by atoms with van der Waals surface area (Å²) < 4.78 is 15.3. The zero-order valence-electron chi connectivity index (χ0n) is 17.7. The number of rotatable bonds is 6. The molecule has 1 aliphatic rings. The van der Waals surface area contributed by atoms with Crippen LogP contribution in [0.2, 0.25) is 0 Å². The van der Waals surface area contributed by atoms with E-state index in [9.17, 15) is 4.39 Å². The summed E-state index contributed by atoms with van der Waals surface area (Å²) in [6.07, 6.45) is 5.10. The van der Waals surface area contributed by atoms with Gasteiger partial charge in [-0.05, 0) is 61.8 Å². The van der Waals surface area contributed by atoms with Gasteiger partial charge in [0.25, 0.3) is 0 Å². The van der Waals surface area contributed by atoms with Gasteiger partial charge in [-0.1, -0.05) is 12.1 Å². The molecule has 5 rings (SSSR count). The number of benzene rings is 1. The topological polar surface area (TPSA) is 71.8 Å². The number of hydrogen-bond donors (Lipinski definition) is 1. The summed E-state index contributed by atoms with van der Waals surface area (Å²) in [6.45, 7) is 1.65. The average Bonchev–Trinajstić information content (AvgIpc) is 3.23. The number of halogens is 1. The Bertz CT molecular complexity index is 1230. The van der Waals surface area contributed by atoms with Gasteiger partial charge in [0.2, 0.25) is 0 Å². The summed E-state index contributed by atoms with van der Waals surface area (Å²) in [7, 11) is 4.09. The summed E-state index contributed by atoms with van der Waals surface area (Å²) in [6, 6.07) is 12.4. The maximum atomic E-state index is 13.4. The van der Waals surface area contributed by atoms with Crippen LogP contribution < -0.4 is 5.32 Å². The maximum Gasteiger partial charge on any atom is 0.194 e. The van der Waals surface area contributed by atoms with Crippen LogP contribution in [-0.2, 0) is 0 Å². The molecule has 0 bridgehead atoms. The molecule has 162 valence electrons. The van der Waals surface area contributed by atoms with Crippen LogP contribution in [-0.4, -0.2) is 56.8 Å². The van der Waals surface area contributed by atoms with Gasteiger partial charge in [-0.25, -0.2) is 19.0 Å². The number of likely N-dealkylation sites (N-methyl/N-ethyl adjacent to an activating group) is 1. The van der Waals surface area contributed by atoms with E-state index < -0.39 is 0 Å². The van der Waals surface area contributed by atoms with Gasteiger partial charge >= 0.3 is 0 Å². The first-order valence-electron chi connectivity index (χ1n) is 10.3. The molecule has 1 aromatic carbocycles. The summed E-state index contributed by atoms with van der Waals surface area (Å²) in [5, 5.41) is 10.1. The summed E-state index contributed by atoms with van der Waals surface area (Å²) >= 11 is 1.50. The van der Waals surface area contributed by atoms with E-state index in [0.29, 0.717) is 5.82 Å². The Morgan fingerprint density at radius 3 is 2.69 bits per heavy atom. The maximum absolute atomic E-state index is 13.4. The lowest BCUT2D eigenvalue weighted by atomic mass is 10.0. The molecular formula is C23H22FN7S. The summed E-state index contributed by atoms with van der Waals surface area (Å²) in [5.74, 6) is 0.375. The molecule has 0 aliphatic carbocycles. The van der Waals surface area contributed by atoms with Crippen molar-refractivity contribution in [3.8, 4) is 22.5 Å². The van der Waals surface area contributed by atoms with Crippen molar-refractivity contribution < 1.29 is 4.39 Å². The molecule has 0 spiro atoms. The van der Waals surface area contributed by atoms with Crippen LogP contribution in [0.3, 0.4) is 0 Å². The average molecular weight is 448 g/mol. The lowest BCUT2D eigenvalue weighted by Crippen LogP contribution is -2.36. The quantitative estimate of drug-likeness (QED) is 0.483. The minimum Gasteiger partial charge on any atom is -0.308 e. The molecule has 0 fully saturated rings. The third kappa shape index (κ3) is 4.14. The Morgan fingerprint density at radius 1 is 1.09 bits per heavy atom. The van der Waals surface area contributed by atoms with Gasteiger partial charge in [-0.3, -0.25) is 10.3 Å². The van der Waals surface area contributed by atoms with Crippen molar-refractivity contribution >= 4 is 11.8 Å². The minimum absolute atomic E-state index is 0.216. The highest BCUT2D eigenvalue weighted by Crippen LogP contribution is 2.40. The molecule has 3 aromatic heterocycles. The predicted octanol–water partition coefficient (Wildman–Crippen LogP) is 3.70. The van der Waals surface area contributed by atoms with Gasteiger partial charge in [0.1, 0.15) is 17.0 Å². The largest absolute Gasteiger partial charge is 0.308 e. The Hall–Kier alpha value is -3.14. The Balaban J connectivity index is 1.55. The molecule has 32 heavy (non-hydrogen) atoms. The molecule has 0 saturated heterocycles. The third-order valence-electron chi connectivity index (χ3n) is 5.20. The molecule has 1 atom stereocenters. The standard InChI is InChI=1S/C23H22FN7S/c1-30(2)11-10-26-21-19-12-17(15-5-7-18(24)8-6-15)14-27-22(19)32-23-28-20(29-31(21)23)16-4-3-9-25-13-16/h3-9,12-14,21,26H,10-11H2,1-2H3/t21-/m1/s1. The molecule has 4 aromatic rings. The van der Waals surface area contributed by atoms with Gasteiger partial charge in [-0.2, -0.15) is 0 Å². The summed E-state index contributed by atoms with van der Waals surface area (Å²) in [4.78, 5) is 15.8. The normalized spacial score (nSPS) is 14.9. The first-order chi connectivity index (χ1) is 15.6. The van der Waals surface area contributed by atoms with Gasteiger partial charge < -0.3 is 4.90 Å². The number of fused-ring (bicyclic) bond motifs is 2. The molecular weight excluding hydrogens is 425 g/mol. The second kappa shape index (κ2) is 8.78. The van der Waals surface area contributed by atoms with E-state index in [-0.39, 0.29) is 12.0 Å². The van der Waals surface area contributed by atoms with Crippen molar-refractivity contribution in [2.24, 2.45) is 0 Å². The first kappa shape index (κ1) is 20.7. The fraction of sp³-hybridized carbons (Fsp3) is 0.217. The van der Waals surface area contributed by atoms with E-state index in [4.69, 9.17) is 15.1 Å². The van der Waals surface area contributed by atoms with Crippen LogP contribution in [0.1, 0.15) is 11.7 Å². The predicted molar refractivity (Wildman–Crippen MR) is 122 cm³/mol. The molecule has 7 nitrogen and oxygen atoms in total. The van der Waals surface area contributed by atoms with E-state index in [0.717, 1.165) is 45.5 Å². The van der Waals surface area contributed by atoms with Gasteiger partial charge in [0, 0.05) is 48.4 Å². The highest BCUT2D eigenvalue weighted by atomic mass is 32.2. The van der Waals surface area contributed by atoms with E-state index in [1.165, 1.54) is 23.9 Å². The Kier molecular flexibility index (Phi) is 5.69. The number of aromatic nitrogens is 5. The molecule has 0 amide bonds. The molecule has 0 saturated carbocycles. The van der Waals surface area contributed by atoms with E-state index in [1.807, 2.05) is 37.1 Å². The number of nitrogens with one attached hydrogen (secondary N) is 1. The minimum atomic E-state index is -0.256. The lowest BCUT2D eigenvalue weighted by Gasteiger charge is -2.27. The van der Waals surface area contributed by atoms with Gasteiger partial charge in [-0.15, -0.1) is 5.10 Å². The fourth-order valence-electron chi connectivity index (χ4n) is 3.55. The molecule has 1 N–H and O–H groups in total. The van der Waals surface area contributed by atoms with Crippen LogP contribution in [0.15, 0.2) is 71.2 Å². The summed E-state index contributed by atoms with van der Waals surface area (Å²) in [5.41, 5.74) is 3.73. The van der Waals surface area contributed by atoms with Gasteiger partial charge in [0.05, 0.1) is 0 Å². The van der Waals surface area contributed by atoms with Crippen molar-refractivity contribution in [1.29, 1.82) is 0 Å². The van der Waals surface area contributed by atoms with Crippen molar-refractivity contribution in [3.63, 3.8) is 0 Å². The second-order valence-corrected chi connectivity index (χ2v) is 8.75. The van der Waals surface area contributed by atoms with Crippen molar-refractivity contribution in [2.75, 3.05) is 27.2 Å². The van der Waals surface area contributed by atoms with E-state index in [1.54, 1.807) is 24.5 Å². The number of hydrogen-bond acceptors (Lipinski definition) is 7. The highest BCUT2D eigenvalue weighted by molar-refractivity contribution is 7.99. The monoisotopic (exact) mass is 447 g/mol. The zero-order valence-corrected chi connectivity index (χ0v) is 18.6. The number of pyridine rings is 2. The second-order valence-electron chi connectivity index (χ2n) is 7.79. The van der Waals surface area contributed by atoms with Gasteiger partial charge in [0.15, 0.2) is 11.0 Å². The van der Waals surface area contributed by atoms with Crippen molar-refractivity contribution in [1.82, 2.24) is 34.9 Å². The van der Waals surface area contributed by atoms with Crippen molar-refractivity contribution in [2.45, 2.75) is 16.3 Å². The molecule has 9 heteroatoms. The van der Waals surface area contributed by atoms with E-state index in [2.05, 4.69) is 21.3 Å². The molecule has 0 unspecified atom stereocenters. The zero-order chi connectivity index (χ0) is 22.1. The highest BCUT2D eigenvalue weighted by Gasteiger charge is 2.30. The molecule has 1 aliphatic heterocycles. The lowest BCUT2D eigenvalue weighted by molar-refractivity contribution is 0.343.